The Morgan fingerprint density at radius 2 is 1.07 bits per heavy atom. The molecule has 4 rings (SSSR count). The second-order valence-corrected chi connectivity index (χ2v) is 6.21. The Hall–Kier alpha value is -4.20. The number of rotatable bonds is 5. The monoisotopic (exact) mass is 406 g/mol. The smallest absolute Gasteiger partial charge is 0.374 e. The van der Waals surface area contributed by atoms with Crippen LogP contribution in [0, 0.1) is 0 Å². The number of hydrogen-bond acceptors (Lipinski definition) is 8. The van der Waals surface area contributed by atoms with E-state index in [-0.39, 0.29) is 46.8 Å². The number of carbonyl (C=O) groups excluding carboxylic acids is 2. The van der Waals surface area contributed by atoms with Crippen LogP contribution in [0.1, 0.15) is 21.1 Å². The predicted molar refractivity (Wildman–Crippen MR) is 106 cm³/mol. The van der Waals surface area contributed by atoms with Crippen LogP contribution in [0.3, 0.4) is 0 Å². The molecule has 0 spiro atoms. The van der Waals surface area contributed by atoms with Gasteiger partial charge >= 0.3 is 11.9 Å². The van der Waals surface area contributed by atoms with E-state index in [2.05, 4.69) is 0 Å². The second-order valence-electron chi connectivity index (χ2n) is 6.21. The molecule has 0 aliphatic heterocycles. The third-order valence-electron chi connectivity index (χ3n) is 4.22. The molecule has 30 heavy (non-hydrogen) atoms. The van der Waals surface area contributed by atoms with E-state index in [0.717, 1.165) is 12.1 Å². The summed E-state index contributed by atoms with van der Waals surface area (Å²) in [6.07, 6.45) is 0. The van der Waals surface area contributed by atoms with E-state index in [1.54, 1.807) is 48.5 Å². The molecule has 8 heteroatoms. The van der Waals surface area contributed by atoms with Crippen molar-refractivity contribution in [1.29, 1.82) is 0 Å². The lowest BCUT2D eigenvalue weighted by atomic mass is 10.2. The Bertz CT molecular complexity index is 1270. The maximum Gasteiger partial charge on any atom is 0.374 e. The van der Waals surface area contributed by atoms with Crippen molar-refractivity contribution in [2.75, 3.05) is 13.2 Å². The van der Waals surface area contributed by atoms with Gasteiger partial charge in [-0.3, -0.25) is 9.59 Å². The van der Waals surface area contributed by atoms with Gasteiger partial charge in [0.15, 0.2) is 10.9 Å². The molecular formula is C22H14O8. The zero-order valence-electron chi connectivity index (χ0n) is 15.5. The van der Waals surface area contributed by atoms with Crippen LogP contribution in [0.25, 0.3) is 21.9 Å². The molecular weight excluding hydrogens is 392 g/mol. The lowest BCUT2D eigenvalue weighted by Crippen LogP contribution is -2.16. The number of hydrogen-bond donors (Lipinski definition) is 0. The van der Waals surface area contributed by atoms with Crippen molar-refractivity contribution in [3.05, 3.63) is 92.6 Å². The molecule has 2 aromatic carbocycles. The fourth-order valence-electron chi connectivity index (χ4n) is 2.82. The fourth-order valence-corrected chi connectivity index (χ4v) is 2.82. The predicted octanol–water partition coefficient (Wildman–Crippen LogP) is 2.91. The number of ether oxygens (including phenoxy) is 2. The highest BCUT2D eigenvalue weighted by Gasteiger charge is 2.16. The van der Waals surface area contributed by atoms with E-state index < -0.39 is 11.9 Å². The van der Waals surface area contributed by atoms with Gasteiger partial charge in [-0.1, -0.05) is 24.3 Å². The van der Waals surface area contributed by atoms with Crippen LogP contribution >= 0.6 is 0 Å². The summed E-state index contributed by atoms with van der Waals surface area (Å²) >= 11 is 0. The van der Waals surface area contributed by atoms with Gasteiger partial charge in [0.2, 0.25) is 11.5 Å². The van der Waals surface area contributed by atoms with Gasteiger partial charge in [-0.2, -0.15) is 0 Å². The average Bonchev–Trinajstić information content (AvgIpc) is 2.76. The highest BCUT2D eigenvalue weighted by Crippen LogP contribution is 2.13. The molecule has 0 bridgehead atoms. The van der Waals surface area contributed by atoms with Gasteiger partial charge < -0.3 is 18.3 Å². The maximum atomic E-state index is 12.1. The summed E-state index contributed by atoms with van der Waals surface area (Å²) in [7, 11) is 0. The molecule has 0 saturated carbocycles. The van der Waals surface area contributed by atoms with Crippen molar-refractivity contribution in [1.82, 2.24) is 0 Å². The standard InChI is InChI=1S/C22H14O8/c23-15-11-19(29-17-7-3-1-5-13(15)17)21(25)27-9-10-28-22(26)20-12-16(24)14-6-2-4-8-18(14)30-20/h1-8,11-12H,9-10H2. The van der Waals surface area contributed by atoms with Crippen LogP contribution in [0.15, 0.2) is 79.1 Å². The summed E-state index contributed by atoms with van der Waals surface area (Å²) in [4.78, 5) is 48.2. The SMILES string of the molecule is O=C(OCCOC(=O)c1cc(=O)c2ccccc2o1)c1cc(=O)c2ccccc2o1. The molecule has 4 aromatic rings. The zero-order chi connectivity index (χ0) is 21.1. The molecule has 0 fully saturated rings. The third-order valence-corrected chi connectivity index (χ3v) is 4.22. The van der Waals surface area contributed by atoms with Gasteiger partial charge in [-0.05, 0) is 24.3 Å². The van der Waals surface area contributed by atoms with Crippen molar-refractivity contribution in [3.8, 4) is 0 Å². The number of esters is 2. The molecule has 0 aliphatic rings. The molecule has 8 nitrogen and oxygen atoms in total. The van der Waals surface area contributed by atoms with E-state index in [1.165, 1.54) is 0 Å². The Kier molecular flexibility index (Phi) is 5.13. The lowest BCUT2D eigenvalue weighted by Gasteiger charge is -2.06. The molecule has 0 radical (unpaired) electrons. The Morgan fingerprint density at radius 1 is 0.667 bits per heavy atom. The molecule has 0 aliphatic carbocycles. The minimum absolute atomic E-state index is 0.259. The summed E-state index contributed by atoms with van der Waals surface area (Å²) in [5.74, 6) is -2.26. The third kappa shape index (κ3) is 3.83. The van der Waals surface area contributed by atoms with Crippen LogP contribution in [0.4, 0.5) is 0 Å². The molecule has 0 atom stereocenters. The van der Waals surface area contributed by atoms with Gasteiger partial charge in [-0.15, -0.1) is 0 Å². The molecule has 2 aromatic heterocycles. The van der Waals surface area contributed by atoms with Crippen LogP contribution in [-0.2, 0) is 9.47 Å². The maximum absolute atomic E-state index is 12.1. The summed E-state index contributed by atoms with van der Waals surface area (Å²) < 4.78 is 20.7. The molecule has 0 amide bonds. The lowest BCUT2D eigenvalue weighted by molar-refractivity contribution is 0.0230. The van der Waals surface area contributed by atoms with Crippen LogP contribution in [-0.4, -0.2) is 25.2 Å². The number of carbonyl (C=O) groups is 2. The summed E-state index contributed by atoms with van der Waals surface area (Å²) in [6.45, 7) is -0.558. The fraction of sp³-hybridized carbons (Fsp3) is 0.0909. The summed E-state index contributed by atoms with van der Waals surface area (Å²) in [5, 5.41) is 0.694. The normalized spacial score (nSPS) is 10.8. The second kappa shape index (κ2) is 8.04. The first-order valence-corrected chi connectivity index (χ1v) is 8.93. The first kappa shape index (κ1) is 19.1. The molecule has 2 heterocycles. The first-order valence-electron chi connectivity index (χ1n) is 8.93. The molecule has 0 saturated heterocycles. The van der Waals surface area contributed by atoms with Crippen LogP contribution < -0.4 is 10.9 Å². The van der Waals surface area contributed by atoms with Gasteiger partial charge in [0.25, 0.3) is 0 Å². The van der Waals surface area contributed by atoms with E-state index in [0.29, 0.717) is 10.8 Å². The minimum atomic E-state index is -0.869. The van der Waals surface area contributed by atoms with Gasteiger partial charge in [0.1, 0.15) is 24.4 Å². The summed E-state index contributed by atoms with van der Waals surface area (Å²) in [6, 6.07) is 15.1. The topological polar surface area (TPSA) is 113 Å². The quantitative estimate of drug-likeness (QED) is 0.367. The highest BCUT2D eigenvalue weighted by atomic mass is 16.6. The largest absolute Gasteiger partial charge is 0.456 e. The van der Waals surface area contributed by atoms with Crippen molar-refractivity contribution >= 4 is 33.9 Å². The van der Waals surface area contributed by atoms with E-state index in [1.807, 2.05) is 0 Å². The van der Waals surface area contributed by atoms with Crippen molar-refractivity contribution in [2.24, 2.45) is 0 Å². The van der Waals surface area contributed by atoms with E-state index in [4.69, 9.17) is 18.3 Å². The number of fused-ring (bicyclic) bond motifs is 2. The molecule has 150 valence electrons. The van der Waals surface area contributed by atoms with E-state index in [9.17, 15) is 19.2 Å². The van der Waals surface area contributed by atoms with Gasteiger partial charge in [-0.25, -0.2) is 9.59 Å². The molecule has 0 unspecified atom stereocenters. The van der Waals surface area contributed by atoms with Crippen LogP contribution in [0.5, 0.6) is 0 Å². The number of para-hydroxylation sites is 2. The Morgan fingerprint density at radius 3 is 1.50 bits per heavy atom. The van der Waals surface area contributed by atoms with E-state index >= 15 is 0 Å². The summed E-state index contributed by atoms with van der Waals surface area (Å²) in [5.41, 5.74) is -0.229. The Labute approximate surface area is 168 Å². The zero-order valence-corrected chi connectivity index (χ0v) is 15.5. The average molecular weight is 406 g/mol. The van der Waals surface area contributed by atoms with Crippen molar-refractivity contribution in [3.63, 3.8) is 0 Å². The minimum Gasteiger partial charge on any atom is -0.456 e. The van der Waals surface area contributed by atoms with Gasteiger partial charge in [0.05, 0.1) is 10.8 Å². The molecule has 0 N–H and O–H groups in total. The first-order chi connectivity index (χ1) is 14.5. The number of benzene rings is 2. The van der Waals surface area contributed by atoms with Crippen molar-refractivity contribution in [2.45, 2.75) is 0 Å². The van der Waals surface area contributed by atoms with Crippen LogP contribution in [0.2, 0.25) is 0 Å². The van der Waals surface area contributed by atoms with Gasteiger partial charge in [0, 0.05) is 12.1 Å². The van der Waals surface area contributed by atoms with Crippen molar-refractivity contribution < 1.29 is 27.9 Å². The Balaban J connectivity index is 1.37. The highest BCUT2D eigenvalue weighted by molar-refractivity contribution is 5.89.